The molecule has 1 heterocycles. The average molecular weight is 241 g/mol. The van der Waals surface area contributed by atoms with Crippen molar-refractivity contribution >= 4 is 0 Å². The number of nitrogens with one attached hydrogen (secondary N) is 1. The number of hydrogen-bond acceptors (Lipinski definition) is 3. The van der Waals surface area contributed by atoms with E-state index >= 15 is 0 Å². The van der Waals surface area contributed by atoms with E-state index in [2.05, 4.69) is 33.0 Å². The van der Waals surface area contributed by atoms with Crippen LogP contribution in [0.25, 0.3) is 0 Å². The van der Waals surface area contributed by atoms with Crippen LogP contribution >= 0.6 is 0 Å². The Hall–Kier alpha value is -0.120. The first-order valence-electron chi connectivity index (χ1n) is 7.02. The van der Waals surface area contributed by atoms with Crippen LogP contribution in [0.1, 0.15) is 53.4 Å². The highest BCUT2D eigenvalue weighted by Gasteiger charge is 2.57. The van der Waals surface area contributed by atoms with Crippen molar-refractivity contribution in [2.75, 3.05) is 13.1 Å². The van der Waals surface area contributed by atoms with E-state index in [0.717, 1.165) is 25.9 Å². The summed E-state index contributed by atoms with van der Waals surface area (Å²) in [7, 11) is 0. The molecule has 17 heavy (non-hydrogen) atoms. The smallest absolute Gasteiger partial charge is 0.170 e. The highest BCUT2D eigenvalue weighted by molar-refractivity contribution is 5.02. The first-order valence-corrected chi connectivity index (χ1v) is 7.02. The highest BCUT2D eigenvalue weighted by Crippen LogP contribution is 2.56. The van der Waals surface area contributed by atoms with E-state index in [1.165, 1.54) is 12.8 Å². The summed E-state index contributed by atoms with van der Waals surface area (Å²) < 4.78 is 12.1. The molecule has 100 valence electrons. The van der Waals surface area contributed by atoms with Gasteiger partial charge in [0.2, 0.25) is 0 Å². The third kappa shape index (κ3) is 3.01. The third-order valence-corrected chi connectivity index (χ3v) is 3.85. The van der Waals surface area contributed by atoms with Gasteiger partial charge in [-0.25, -0.2) is 0 Å². The van der Waals surface area contributed by atoms with Crippen molar-refractivity contribution < 1.29 is 9.47 Å². The monoisotopic (exact) mass is 241 g/mol. The molecule has 1 saturated carbocycles. The fourth-order valence-corrected chi connectivity index (χ4v) is 3.46. The van der Waals surface area contributed by atoms with Gasteiger partial charge in [-0.15, -0.1) is 0 Å². The lowest BCUT2D eigenvalue weighted by Crippen LogP contribution is -2.59. The summed E-state index contributed by atoms with van der Waals surface area (Å²) in [5, 5.41) is 3.44. The van der Waals surface area contributed by atoms with E-state index in [9.17, 15) is 0 Å². The van der Waals surface area contributed by atoms with E-state index in [-0.39, 0.29) is 18.0 Å². The molecule has 2 fully saturated rings. The summed E-state index contributed by atoms with van der Waals surface area (Å²) in [5.41, 5.74) is 0.495. The molecule has 1 aliphatic carbocycles. The van der Waals surface area contributed by atoms with Crippen LogP contribution in [0.5, 0.6) is 0 Å². The van der Waals surface area contributed by atoms with Crippen LogP contribution < -0.4 is 5.32 Å². The van der Waals surface area contributed by atoms with Gasteiger partial charge in [0.25, 0.3) is 0 Å². The zero-order chi connectivity index (χ0) is 12.5. The van der Waals surface area contributed by atoms with Crippen LogP contribution in [-0.4, -0.2) is 31.1 Å². The van der Waals surface area contributed by atoms with Gasteiger partial charge in [-0.3, -0.25) is 0 Å². The first kappa shape index (κ1) is 13.3. The molecule has 0 aromatic carbocycles. The molecule has 1 N–H and O–H groups in total. The van der Waals surface area contributed by atoms with Crippen molar-refractivity contribution in [1.82, 2.24) is 5.32 Å². The molecule has 0 aromatic heterocycles. The Morgan fingerprint density at radius 2 is 1.35 bits per heavy atom. The normalized spacial score (nSPS) is 26.5. The Morgan fingerprint density at radius 3 is 1.76 bits per heavy atom. The molecule has 0 unspecified atom stereocenters. The molecule has 0 amide bonds. The largest absolute Gasteiger partial charge is 0.347 e. The fraction of sp³-hybridized carbons (Fsp3) is 1.00. The summed E-state index contributed by atoms with van der Waals surface area (Å²) in [6.07, 6.45) is 5.20. The lowest BCUT2D eigenvalue weighted by Gasteiger charge is -2.58. The molecular weight excluding hydrogens is 214 g/mol. The average Bonchev–Trinajstić information content (AvgIpc) is 2.14. The van der Waals surface area contributed by atoms with E-state index in [0.29, 0.717) is 5.41 Å². The summed E-state index contributed by atoms with van der Waals surface area (Å²) >= 11 is 0. The summed E-state index contributed by atoms with van der Waals surface area (Å²) in [6.45, 7) is 10.7. The molecule has 1 aliphatic heterocycles. The summed E-state index contributed by atoms with van der Waals surface area (Å²) in [4.78, 5) is 0. The van der Waals surface area contributed by atoms with Gasteiger partial charge in [0.15, 0.2) is 5.79 Å². The predicted octanol–water partition coefficient (Wildman–Crippen LogP) is 2.70. The second kappa shape index (κ2) is 4.87. The van der Waals surface area contributed by atoms with Gasteiger partial charge in [-0.2, -0.15) is 0 Å². The van der Waals surface area contributed by atoms with E-state index in [1.807, 2.05) is 0 Å². The number of ether oxygens (including phenoxy) is 2. The van der Waals surface area contributed by atoms with Crippen LogP contribution in [0.3, 0.4) is 0 Å². The number of rotatable bonds is 4. The topological polar surface area (TPSA) is 30.5 Å². The minimum absolute atomic E-state index is 0.243. The molecule has 1 saturated heterocycles. The van der Waals surface area contributed by atoms with Crippen molar-refractivity contribution in [3.05, 3.63) is 0 Å². The van der Waals surface area contributed by atoms with Gasteiger partial charge < -0.3 is 14.8 Å². The van der Waals surface area contributed by atoms with Gasteiger partial charge >= 0.3 is 0 Å². The lowest BCUT2D eigenvalue weighted by atomic mass is 9.59. The number of piperidine rings is 1. The van der Waals surface area contributed by atoms with Crippen molar-refractivity contribution in [3.63, 3.8) is 0 Å². The lowest BCUT2D eigenvalue weighted by molar-refractivity contribution is -0.344. The summed E-state index contributed by atoms with van der Waals surface area (Å²) in [5.74, 6) is -0.292. The van der Waals surface area contributed by atoms with Crippen LogP contribution in [0.2, 0.25) is 0 Å². The zero-order valence-electron chi connectivity index (χ0n) is 11.7. The van der Waals surface area contributed by atoms with Crippen LogP contribution in [0.15, 0.2) is 0 Å². The van der Waals surface area contributed by atoms with Crippen LogP contribution in [-0.2, 0) is 9.47 Å². The maximum absolute atomic E-state index is 6.07. The van der Waals surface area contributed by atoms with Crippen LogP contribution in [0.4, 0.5) is 0 Å². The first-order chi connectivity index (χ1) is 7.95. The Labute approximate surface area is 105 Å². The Morgan fingerprint density at radius 1 is 0.882 bits per heavy atom. The molecule has 1 spiro atoms. The number of hydrogen-bond donors (Lipinski definition) is 1. The fourth-order valence-electron chi connectivity index (χ4n) is 3.46. The molecule has 0 aromatic rings. The van der Waals surface area contributed by atoms with Gasteiger partial charge in [0.05, 0.1) is 12.2 Å². The Bertz CT molecular complexity index is 237. The molecule has 2 rings (SSSR count). The highest BCUT2D eigenvalue weighted by atomic mass is 16.7. The third-order valence-electron chi connectivity index (χ3n) is 3.85. The van der Waals surface area contributed by atoms with Gasteiger partial charge in [-0.1, -0.05) is 0 Å². The molecule has 0 atom stereocenters. The standard InChI is InChI=1S/C14H27NO2/c1-11(2)16-14(17-12(3)4)9-13(10-14)5-7-15-8-6-13/h11-12,15H,5-10H2,1-4H3. The van der Waals surface area contributed by atoms with Crippen molar-refractivity contribution in [2.45, 2.75) is 71.4 Å². The minimum Gasteiger partial charge on any atom is -0.347 e. The maximum Gasteiger partial charge on any atom is 0.170 e. The molecule has 0 radical (unpaired) electrons. The second-order valence-corrected chi connectivity index (χ2v) is 6.35. The zero-order valence-corrected chi connectivity index (χ0v) is 11.7. The van der Waals surface area contributed by atoms with Crippen molar-refractivity contribution in [1.29, 1.82) is 0 Å². The summed E-state index contributed by atoms with van der Waals surface area (Å²) in [6, 6.07) is 0. The molecule has 0 bridgehead atoms. The molecule has 2 aliphatic rings. The molecular formula is C14H27NO2. The SMILES string of the molecule is CC(C)OC1(OC(C)C)CC2(CCNCC2)C1. The molecule has 3 heteroatoms. The van der Waals surface area contributed by atoms with E-state index in [4.69, 9.17) is 9.47 Å². The van der Waals surface area contributed by atoms with Gasteiger partial charge in [-0.05, 0) is 59.0 Å². The van der Waals surface area contributed by atoms with Crippen molar-refractivity contribution in [3.8, 4) is 0 Å². The maximum atomic E-state index is 6.07. The van der Waals surface area contributed by atoms with E-state index < -0.39 is 0 Å². The minimum atomic E-state index is -0.292. The Balaban J connectivity index is 1.96. The van der Waals surface area contributed by atoms with Gasteiger partial charge in [0, 0.05) is 12.8 Å². The predicted molar refractivity (Wildman–Crippen MR) is 68.9 cm³/mol. The molecule has 3 nitrogen and oxygen atoms in total. The van der Waals surface area contributed by atoms with Crippen LogP contribution in [0, 0.1) is 5.41 Å². The quantitative estimate of drug-likeness (QED) is 0.768. The second-order valence-electron chi connectivity index (χ2n) is 6.35. The van der Waals surface area contributed by atoms with E-state index in [1.54, 1.807) is 0 Å². The van der Waals surface area contributed by atoms with Crippen molar-refractivity contribution in [2.24, 2.45) is 5.41 Å². The van der Waals surface area contributed by atoms with Gasteiger partial charge in [0.1, 0.15) is 0 Å². The Kier molecular flexibility index (Phi) is 3.81.